The van der Waals surface area contributed by atoms with E-state index < -0.39 is 36.0 Å². The third-order valence-corrected chi connectivity index (χ3v) is 6.88. The lowest BCUT2D eigenvalue weighted by atomic mass is 9.91. The minimum atomic E-state index is -3.85. The van der Waals surface area contributed by atoms with Gasteiger partial charge in [0.1, 0.15) is 23.1 Å². The fourth-order valence-electron chi connectivity index (χ4n) is 4.34. The Morgan fingerprint density at radius 2 is 1.92 bits per heavy atom. The van der Waals surface area contributed by atoms with Gasteiger partial charge >= 0.3 is 5.92 Å². The number of methoxy groups -OCH3 is 2. The van der Waals surface area contributed by atoms with Crippen LogP contribution in [0.1, 0.15) is 60.7 Å². The van der Waals surface area contributed by atoms with Crippen LogP contribution >= 0.6 is 0 Å². The molecule has 1 aromatic heterocycles. The van der Waals surface area contributed by atoms with Crippen molar-refractivity contribution in [3.05, 3.63) is 53.1 Å². The molecule has 2 aromatic carbocycles. The number of ether oxygens (including phenoxy) is 3. The number of benzene rings is 2. The summed E-state index contributed by atoms with van der Waals surface area (Å²) in [6.07, 6.45) is 1.79. The first-order valence-corrected chi connectivity index (χ1v) is 12.3. The molecule has 1 fully saturated rings. The third-order valence-electron chi connectivity index (χ3n) is 6.88. The van der Waals surface area contributed by atoms with Crippen LogP contribution in [0.5, 0.6) is 11.5 Å². The summed E-state index contributed by atoms with van der Waals surface area (Å²) < 4.78 is 84.5. The summed E-state index contributed by atoms with van der Waals surface area (Å²) in [5.41, 5.74) is -3.32. The molecule has 1 saturated carbocycles. The molecule has 0 radical (unpaired) electrons. The quantitative estimate of drug-likeness (QED) is 0.314. The summed E-state index contributed by atoms with van der Waals surface area (Å²) >= 11 is 0. The van der Waals surface area contributed by atoms with E-state index in [9.17, 15) is 13.9 Å². The molecule has 38 heavy (non-hydrogen) atoms. The lowest BCUT2D eigenvalue weighted by Gasteiger charge is -2.30. The largest absolute Gasteiger partial charge is 0.493 e. The Kier molecular flexibility index (Phi) is 6.45. The first-order chi connectivity index (χ1) is 19.0. The highest BCUT2D eigenvalue weighted by Gasteiger charge is 2.49. The van der Waals surface area contributed by atoms with E-state index in [1.807, 2.05) is 0 Å². The van der Waals surface area contributed by atoms with Crippen molar-refractivity contribution in [2.45, 2.75) is 58.1 Å². The molecule has 0 bridgehead atoms. The number of fused-ring (bicyclic) bond motifs is 1. The fourth-order valence-corrected chi connectivity index (χ4v) is 4.34. The maximum atomic E-state index is 15.4. The van der Waals surface area contributed by atoms with E-state index >= 15 is 4.39 Å². The first-order valence-electron chi connectivity index (χ1n) is 13.8. The molecule has 0 amide bonds. The highest BCUT2D eigenvalue weighted by Crippen LogP contribution is 2.47. The summed E-state index contributed by atoms with van der Waals surface area (Å²) in [7, 11) is -1.15. The predicted molar refractivity (Wildman–Crippen MR) is 138 cm³/mol. The lowest BCUT2D eigenvalue weighted by Crippen LogP contribution is -2.41. The monoisotopic (exact) mass is 536 g/mol. The van der Waals surface area contributed by atoms with Crippen molar-refractivity contribution >= 4 is 16.7 Å². The van der Waals surface area contributed by atoms with Crippen LogP contribution in [0, 0.1) is 18.2 Å². The van der Waals surface area contributed by atoms with Crippen molar-refractivity contribution in [1.82, 2.24) is 9.97 Å². The summed E-state index contributed by atoms with van der Waals surface area (Å²) in [5, 5.41) is 13.5. The Bertz CT molecular complexity index is 1430. The second-order valence-electron chi connectivity index (χ2n) is 10.5. The average molecular weight is 537 g/mol. The van der Waals surface area contributed by atoms with E-state index in [0.29, 0.717) is 23.3 Å². The number of hydrogen-bond donors (Lipinski definition) is 2. The highest BCUT2D eigenvalue weighted by molar-refractivity contribution is 5.92. The van der Waals surface area contributed by atoms with E-state index in [4.69, 9.17) is 18.3 Å². The SMILES string of the molecule is [2H]C([2H])([2H])Oc1cc2nc(C)nc(N[C@H](C)c3cccc(C(F)(F)C(C)(C)O)c3F)c2cc1OCC1(COC)CC1. The van der Waals surface area contributed by atoms with Crippen LogP contribution in [-0.2, 0) is 10.7 Å². The number of nitrogens with one attached hydrogen (secondary N) is 1. The molecule has 1 heterocycles. The molecule has 0 aliphatic heterocycles. The Labute approximate surface area is 224 Å². The average Bonchev–Trinajstić information content (AvgIpc) is 3.61. The number of anilines is 1. The number of aryl methyl sites for hydroxylation is 1. The van der Waals surface area contributed by atoms with Crippen LogP contribution < -0.4 is 14.8 Å². The Hall–Kier alpha value is -3.11. The van der Waals surface area contributed by atoms with E-state index in [1.165, 1.54) is 18.2 Å². The second-order valence-corrected chi connectivity index (χ2v) is 10.5. The molecule has 0 unspecified atom stereocenters. The zero-order valence-corrected chi connectivity index (χ0v) is 22.0. The first kappa shape index (κ1) is 24.0. The van der Waals surface area contributed by atoms with Crippen LogP contribution in [-0.4, -0.2) is 48.0 Å². The molecule has 206 valence electrons. The summed E-state index contributed by atoms with van der Waals surface area (Å²) in [4.78, 5) is 8.84. The molecule has 7 nitrogen and oxygen atoms in total. The van der Waals surface area contributed by atoms with Gasteiger partial charge in [0.05, 0.1) is 41.5 Å². The smallest absolute Gasteiger partial charge is 0.303 e. The molecule has 1 atom stereocenters. The molecule has 3 aromatic rings. The minimum absolute atomic E-state index is 0.0320. The Morgan fingerprint density at radius 3 is 2.55 bits per heavy atom. The number of halogens is 3. The van der Waals surface area contributed by atoms with E-state index in [2.05, 4.69) is 15.3 Å². The number of aromatic nitrogens is 2. The molecule has 1 aliphatic rings. The molecular weight excluding hydrogens is 499 g/mol. The van der Waals surface area contributed by atoms with Gasteiger partial charge in [0.25, 0.3) is 0 Å². The predicted octanol–water partition coefficient (Wildman–Crippen LogP) is 5.93. The van der Waals surface area contributed by atoms with Gasteiger partial charge in [-0.25, -0.2) is 14.4 Å². The van der Waals surface area contributed by atoms with Gasteiger partial charge in [0.2, 0.25) is 0 Å². The highest BCUT2D eigenvalue weighted by atomic mass is 19.3. The summed E-state index contributed by atoms with van der Waals surface area (Å²) in [5.74, 6) is -4.31. The van der Waals surface area contributed by atoms with Crippen molar-refractivity contribution < 1.29 is 36.6 Å². The number of nitrogens with zero attached hydrogens (tertiary/aromatic N) is 2. The Morgan fingerprint density at radius 1 is 1.18 bits per heavy atom. The molecular formula is C28H34F3N3O4. The Balaban J connectivity index is 1.73. The molecule has 0 spiro atoms. The molecule has 4 rings (SSSR count). The molecule has 0 saturated heterocycles. The van der Waals surface area contributed by atoms with Gasteiger partial charge in [-0.2, -0.15) is 8.78 Å². The lowest BCUT2D eigenvalue weighted by molar-refractivity contribution is -0.170. The van der Waals surface area contributed by atoms with Crippen LogP contribution in [0.3, 0.4) is 0 Å². The van der Waals surface area contributed by atoms with Gasteiger partial charge in [-0.1, -0.05) is 12.1 Å². The van der Waals surface area contributed by atoms with Gasteiger partial charge in [0.15, 0.2) is 11.5 Å². The van der Waals surface area contributed by atoms with Crippen LogP contribution in [0.4, 0.5) is 19.0 Å². The van der Waals surface area contributed by atoms with Crippen molar-refractivity contribution in [3.63, 3.8) is 0 Å². The second kappa shape index (κ2) is 10.2. The van der Waals surface area contributed by atoms with Crippen molar-refractivity contribution in [1.29, 1.82) is 0 Å². The summed E-state index contributed by atoms with van der Waals surface area (Å²) in [6.45, 7) is 5.79. The van der Waals surface area contributed by atoms with Gasteiger partial charge in [-0.3, -0.25) is 0 Å². The number of hydrogen-bond acceptors (Lipinski definition) is 7. The van der Waals surface area contributed by atoms with E-state index in [0.717, 1.165) is 32.8 Å². The van der Waals surface area contributed by atoms with Crippen molar-refractivity contribution in [2.24, 2.45) is 5.41 Å². The minimum Gasteiger partial charge on any atom is -0.493 e. The summed E-state index contributed by atoms with van der Waals surface area (Å²) in [6, 6.07) is 5.75. The van der Waals surface area contributed by atoms with Crippen LogP contribution in [0.2, 0.25) is 0 Å². The zero-order chi connectivity index (χ0) is 30.4. The fraction of sp³-hybridized carbons (Fsp3) is 0.500. The van der Waals surface area contributed by atoms with Gasteiger partial charge < -0.3 is 24.6 Å². The standard InChI is InChI=1S/C28H34F3N3O4/c1-16(18-8-7-9-20(24(18)29)28(30,31)26(3,4)35)32-25-19-12-23(38-15-27(10-11-27)14-36-5)22(37-6)13-21(19)33-17(2)34-25/h7-9,12-13,16,35H,10-11,14-15H2,1-6H3,(H,32,33,34)/t16-/m1/s1/i6D3. The van der Waals surface area contributed by atoms with E-state index in [-0.39, 0.29) is 34.9 Å². The maximum absolute atomic E-state index is 15.4. The van der Waals surface area contributed by atoms with Gasteiger partial charge in [-0.05, 0) is 52.7 Å². The topological polar surface area (TPSA) is 85.7 Å². The number of rotatable bonds is 11. The normalized spacial score (nSPS) is 17.3. The van der Waals surface area contributed by atoms with E-state index in [1.54, 1.807) is 27.0 Å². The number of aliphatic hydroxyl groups is 1. The number of alkyl halides is 2. The zero-order valence-electron chi connectivity index (χ0n) is 25.0. The molecule has 1 aliphatic carbocycles. The van der Waals surface area contributed by atoms with Crippen molar-refractivity contribution in [3.8, 4) is 11.5 Å². The van der Waals surface area contributed by atoms with Crippen LogP contribution in [0.25, 0.3) is 10.9 Å². The van der Waals surface area contributed by atoms with Crippen molar-refractivity contribution in [2.75, 3.05) is 32.7 Å². The van der Waals surface area contributed by atoms with Crippen LogP contribution in [0.15, 0.2) is 30.3 Å². The van der Waals surface area contributed by atoms with Gasteiger partial charge in [0, 0.05) is 29.5 Å². The maximum Gasteiger partial charge on any atom is 0.303 e. The molecule has 2 N–H and O–H groups in total. The molecule has 10 heteroatoms. The van der Waals surface area contributed by atoms with Gasteiger partial charge in [-0.15, -0.1) is 0 Å². The third kappa shape index (κ3) is 5.37.